The molecule has 14 heteroatoms. The van der Waals surface area contributed by atoms with E-state index < -0.39 is 24.4 Å². The minimum atomic E-state index is -2.83. The summed E-state index contributed by atoms with van der Waals surface area (Å²) in [5.74, 6) is -2.00. The number of halogens is 1. The molecule has 1 aliphatic carbocycles. The van der Waals surface area contributed by atoms with Crippen molar-refractivity contribution in [3.05, 3.63) is 41.5 Å². The molecule has 43 heavy (non-hydrogen) atoms. The fourth-order valence-corrected chi connectivity index (χ4v) is 5.16. The zero-order valence-corrected chi connectivity index (χ0v) is 23.8. The van der Waals surface area contributed by atoms with Crippen LogP contribution < -0.4 is 20.7 Å². The molecule has 4 N–H and O–H groups in total. The first-order valence-corrected chi connectivity index (χ1v) is 14.0. The van der Waals surface area contributed by atoms with Crippen molar-refractivity contribution in [1.82, 2.24) is 30.2 Å². The van der Waals surface area contributed by atoms with Crippen LogP contribution in [0.25, 0.3) is 11.3 Å². The molecule has 0 spiro atoms. The number of carbonyl (C=O) groups excluding carboxylic acids is 3. The third-order valence-corrected chi connectivity index (χ3v) is 7.66. The van der Waals surface area contributed by atoms with E-state index in [0.717, 1.165) is 31.7 Å². The number of aromatic nitrogens is 4. The largest absolute Gasteiger partial charge is 0.494 e. The second-order valence-corrected chi connectivity index (χ2v) is 10.7. The topological polar surface area (TPSA) is 164 Å². The molecule has 5 rings (SSSR count). The summed E-state index contributed by atoms with van der Waals surface area (Å²) < 4.78 is 44.4. The number of aliphatic hydroxyl groups excluding tert-OH is 1. The number of nitrogens with one attached hydrogen (secondary N) is 3. The Morgan fingerprint density at radius 1 is 1.12 bits per heavy atom. The van der Waals surface area contributed by atoms with Crippen LogP contribution in [0.3, 0.4) is 0 Å². The summed E-state index contributed by atoms with van der Waals surface area (Å²) in [4.78, 5) is 40.3. The highest BCUT2D eigenvalue weighted by Crippen LogP contribution is 2.39. The lowest BCUT2D eigenvalue weighted by Gasteiger charge is -2.31. The summed E-state index contributed by atoms with van der Waals surface area (Å²) in [6.45, 7) is -1.63. The van der Waals surface area contributed by atoms with E-state index in [1.807, 2.05) is 5.32 Å². The van der Waals surface area contributed by atoms with Crippen LogP contribution in [0.2, 0.25) is 0 Å². The Morgan fingerprint density at radius 2 is 1.88 bits per heavy atom. The Hall–Kier alpha value is -4.59. The molecule has 0 atom stereocenters. The summed E-state index contributed by atoms with van der Waals surface area (Å²) in [6.07, 6.45) is 3.73. The van der Waals surface area contributed by atoms with Gasteiger partial charge in [-0.15, -0.1) is 10.2 Å². The monoisotopic (exact) mass is 597 g/mol. The van der Waals surface area contributed by atoms with Crippen LogP contribution in [0.15, 0.2) is 24.3 Å². The van der Waals surface area contributed by atoms with Crippen molar-refractivity contribution < 1.29 is 32.7 Å². The number of methoxy groups -OCH3 is 1. The number of aliphatic hydroxyl groups is 1. The number of benzene rings is 1. The van der Waals surface area contributed by atoms with Crippen molar-refractivity contribution in [3.8, 4) is 17.0 Å². The van der Waals surface area contributed by atoms with Crippen molar-refractivity contribution in [3.63, 3.8) is 0 Å². The predicted molar refractivity (Wildman–Crippen MR) is 156 cm³/mol. The summed E-state index contributed by atoms with van der Waals surface area (Å²) in [7, 11) is 2.96. The lowest BCUT2D eigenvalue weighted by atomic mass is 9.94. The standard InChI is InChI=1S/C29H35FN8O5/c1-31-28(41)25-21(15-24(34-35-25)33-27(40)17-4-5-17)32-22-13-18(30)12-19(26(22)43-3)20-14-23(37(2)36-20)29(42)38-9-6-16(7-10-38)8-11-39/h12-17,39H,4-11H2,1-3H3,(H,31,41)(H2,32,33,34,40)/i1D3. The number of amides is 3. The van der Waals surface area contributed by atoms with Gasteiger partial charge in [0.15, 0.2) is 17.3 Å². The highest BCUT2D eigenvalue weighted by molar-refractivity contribution is 6.00. The third kappa shape index (κ3) is 6.58. The molecule has 1 aromatic carbocycles. The van der Waals surface area contributed by atoms with Gasteiger partial charge in [0.25, 0.3) is 11.8 Å². The Labute approximate surface area is 252 Å². The van der Waals surface area contributed by atoms with Crippen LogP contribution in [-0.4, -0.2) is 81.5 Å². The number of carbonyl (C=O) groups is 3. The van der Waals surface area contributed by atoms with Gasteiger partial charge in [-0.2, -0.15) is 5.10 Å². The number of hydrogen-bond donors (Lipinski definition) is 4. The van der Waals surface area contributed by atoms with Gasteiger partial charge in [-0.1, -0.05) is 0 Å². The summed E-state index contributed by atoms with van der Waals surface area (Å²) in [6, 6.07) is 5.11. The Morgan fingerprint density at radius 3 is 2.56 bits per heavy atom. The molecule has 1 saturated carbocycles. The smallest absolute Gasteiger partial charge is 0.273 e. The van der Waals surface area contributed by atoms with Crippen LogP contribution in [0.5, 0.6) is 5.75 Å². The maximum atomic E-state index is 15.2. The molecule has 3 amide bonds. The Bertz CT molecular complexity index is 1640. The van der Waals surface area contributed by atoms with Crippen molar-refractivity contribution in [2.75, 3.05) is 44.4 Å². The summed E-state index contributed by atoms with van der Waals surface area (Å²) in [5, 5.41) is 28.8. The van der Waals surface area contributed by atoms with E-state index in [4.69, 9.17) is 8.85 Å². The molecule has 3 aromatic rings. The summed E-state index contributed by atoms with van der Waals surface area (Å²) >= 11 is 0. The van der Waals surface area contributed by atoms with Crippen molar-refractivity contribution in [2.45, 2.75) is 32.1 Å². The first-order valence-electron chi connectivity index (χ1n) is 15.5. The molecule has 228 valence electrons. The van der Waals surface area contributed by atoms with Gasteiger partial charge in [0.05, 0.1) is 24.2 Å². The van der Waals surface area contributed by atoms with Gasteiger partial charge in [-0.3, -0.25) is 19.1 Å². The zero-order valence-electron chi connectivity index (χ0n) is 26.8. The van der Waals surface area contributed by atoms with Gasteiger partial charge in [0.2, 0.25) is 5.91 Å². The first kappa shape index (κ1) is 26.1. The van der Waals surface area contributed by atoms with E-state index in [2.05, 4.69) is 25.9 Å². The molecule has 2 aliphatic rings. The quantitative estimate of drug-likeness (QED) is 0.275. The maximum Gasteiger partial charge on any atom is 0.273 e. The van der Waals surface area contributed by atoms with Gasteiger partial charge < -0.3 is 30.7 Å². The van der Waals surface area contributed by atoms with Crippen molar-refractivity contribution >= 4 is 34.9 Å². The van der Waals surface area contributed by atoms with Crippen LogP contribution in [0.1, 0.15) is 57.2 Å². The van der Waals surface area contributed by atoms with Crippen LogP contribution in [0, 0.1) is 17.7 Å². The predicted octanol–water partition coefficient (Wildman–Crippen LogP) is 2.71. The lowest BCUT2D eigenvalue weighted by Crippen LogP contribution is -2.39. The molecular formula is C29H35FN8O5. The molecule has 0 unspecified atom stereocenters. The third-order valence-electron chi connectivity index (χ3n) is 7.66. The highest BCUT2D eigenvalue weighted by atomic mass is 19.1. The summed E-state index contributed by atoms with van der Waals surface area (Å²) in [5.41, 5.74) is 0.234. The molecule has 0 radical (unpaired) electrons. The first-order chi connectivity index (χ1) is 21.9. The number of anilines is 3. The van der Waals surface area contributed by atoms with E-state index in [0.29, 0.717) is 25.4 Å². The normalized spacial score (nSPS) is 16.6. The molecule has 2 aromatic heterocycles. The lowest BCUT2D eigenvalue weighted by molar-refractivity contribution is -0.117. The SMILES string of the molecule is [2H]C([2H])([2H])NC(=O)c1nnc(NC(=O)C2CC2)cc1Nc1cc(F)cc(-c2cc(C(=O)N3CCC(CCO)CC3)n(C)n2)c1OC. The molecular weight excluding hydrogens is 559 g/mol. The van der Waals surface area contributed by atoms with E-state index in [1.54, 1.807) is 11.9 Å². The zero-order chi connectivity index (χ0) is 33.2. The van der Waals surface area contributed by atoms with Gasteiger partial charge >= 0.3 is 0 Å². The molecule has 0 bridgehead atoms. The highest BCUT2D eigenvalue weighted by Gasteiger charge is 2.31. The minimum absolute atomic E-state index is 0.00583. The fourth-order valence-electron chi connectivity index (χ4n) is 5.16. The van der Waals surface area contributed by atoms with Gasteiger partial charge in [0, 0.05) is 61.4 Å². The van der Waals surface area contributed by atoms with Crippen molar-refractivity contribution in [1.29, 1.82) is 0 Å². The second-order valence-electron chi connectivity index (χ2n) is 10.7. The number of rotatable bonds is 10. The van der Waals surface area contributed by atoms with Crippen LogP contribution >= 0.6 is 0 Å². The molecule has 13 nitrogen and oxygen atoms in total. The maximum absolute atomic E-state index is 15.2. The van der Waals surface area contributed by atoms with E-state index in [9.17, 15) is 19.5 Å². The van der Waals surface area contributed by atoms with Crippen LogP contribution in [0.4, 0.5) is 21.6 Å². The number of piperidine rings is 1. The van der Waals surface area contributed by atoms with Crippen molar-refractivity contribution in [2.24, 2.45) is 18.9 Å². The molecule has 3 heterocycles. The van der Waals surface area contributed by atoms with E-state index in [1.165, 1.54) is 30.0 Å². The van der Waals surface area contributed by atoms with E-state index in [-0.39, 0.29) is 64.2 Å². The number of aryl methyl sites for hydroxylation is 1. The molecule has 1 saturated heterocycles. The molecule has 2 fully saturated rings. The van der Waals surface area contributed by atoms with Gasteiger partial charge in [-0.05, 0) is 50.2 Å². The minimum Gasteiger partial charge on any atom is -0.494 e. The average Bonchev–Trinajstić information content (AvgIpc) is 3.78. The number of hydrogen-bond acceptors (Lipinski definition) is 9. The Kier molecular flexibility index (Phi) is 7.72. The van der Waals surface area contributed by atoms with Crippen LogP contribution in [-0.2, 0) is 11.8 Å². The second kappa shape index (κ2) is 12.7. The van der Waals surface area contributed by atoms with Gasteiger partial charge in [0.1, 0.15) is 11.5 Å². The average molecular weight is 598 g/mol. The fraction of sp³-hybridized carbons (Fsp3) is 0.448. The van der Waals surface area contributed by atoms with E-state index >= 15 is 4.39 Å². The molecule has 1 aliphatic heterocycles. The number of likely N-dealkylation sites (tertiary alicyclic amines) is 1. The number of ether oxygens (including phenoxy) is 1. The number of nitrogens with zero attached hydrogens (tertiary/aromatic N) is 5. The Balaban J connectivity index is 1.47. The van der Waals surface area contributed by atoms with Gasteiger partial charge in [-0.25, -0.2) is 4.39 Å².